The van der Waals surface area contributed by atoms with Gasteiger partial charge >= 0.3 is 6.18 Å². The zero-order chi connectivity index (χ0) is 14.0. The first kappa shape index (κ1) is 15.2. The predicted octanol–water partition coefficient (Wildman–Crippen LogP) is 5.22. The predicted molar refractivity (Wildman–Crippen MR) is 72.6 cm³/mol. The molecular formula is C12H16BrF3N2S. The fourth-order valence-electron chi connectivity index (χ4n) is 2.52. The van der Waals surface area contributed by atoms with Gasteiger partial charge < -0.3 is 0 Å². The lowest BCUT2D eigenvalue weighted by Crippen LogP contribution is -2.31. The van der Waals surface area contributed by atoms with Crippen LogP contribution in [0.2, 0.25) is 0 Å². The second kappa shape index (κ2) is 6.08. The molecule has 0 bridgehead atoms. The van der Waals surface area contributed by atoms with Crippen molar-refractivity contribution >= 4 is 27.3 Å². The van der Waals surface area contributed by atoms with Gasteiger partial charge in [0.05, 0.1) is 10.7 Å². The Kier molecular flexibility index (Phi) is 4.87. The molecule has 108 valence electrons. The summed E-state index contributed by atoms with van der Waals surface area (Å²) in [7, 11) is 0. The van der Waals surface area contributed by atoms with Crippen LogP contribution in [0.25, 0.3) is 0 Å². The minimum Gasteiger partial charge on any atom is -0.171 e. The Morgan fingerprint density at radius 2 is 2.00 bits per heavy atom. The van der Waals surface area contributed by atoms with Gasteiger partial charge in [-0.15, -0.1) is 21.5 Å². The van der Waals surface area contributed by atoms with Crippen molar-refractivity contribution in [1.29, 1.82) is 0 Å². The Balaban J connectivity index is 2.20. The number of alkyl halides is 4. The van der Waals surface area contributed by atoms with Gasteiger partial charge in [0, 0.05) is 5.92 Å². The average molecular weight is 357 g/mol. The topological polar surface area (TPSA) is 25.8 Å². The van der Waals surface area contributed by atoms with Crippen molar-refractivity contribution in [3.05, 3.63) is 10.0 Å². The third-order valence-electron chi connectivity index (χ3n) is 3.59. The minimum atomic E-state index is -4.13. The fourth-order valence-corrected chi connectivity index (χ4v) is 3.99. The molecule has 3 atom stereocenters. The largest absolute Gasteiger partial charge is 0.392 e. The van der Waals surface area contributed by atoms with Gasteiger partial charge in [-0.2, -0.15) is 13.2 Å². The van der Waals surface area contributed by atoms with E-state index in [0.29, 0.717) is 17.8 Å². The Hall–Kier alpha value is -0.170. The van der Waals surface area contributed by atoms with Crippen molar-refractivity contribution < 1.29 is 13.2 Å². The molecule has 0 aromatic carbocycles. The van der Waals surface area contributed by atoms with Gasteiger partial charge in [-0.3, -0.25) is 0 Å². The first-order valence-electron chi connectivity index (χ1n) is 6.47. The van der Waals surface area contributed by atoms with Gasteiger partial charge in [0.15, 0.2) is 0 Å². The molecule has 1 fully saturated rings. The van der Waals surface area contributed by atoms with Crippen molar-refractivity contribution in [2.24, 2.45) is 5.92 Å². The van der Waals surface area contributed by atoms with E-state index in [2.05, 4.69) is 26.1 Å². The normalized spacial score (nSPS) is 26.4. The van der Waals surface area contributed by atoms with E-state index in [4.69, 9.17) is 0 Å². The number of hydrogen-bond acceptors (Lipinski definition) is 3. The summed E-state index contributed by atoms with van der Waals surface area (Å²) in [5, 5.41) is 9.38. The minimum absolute atomic E-state index is 0.0895. The molecule has 2 rings (SSSR count). The lowest BCUT2D eigenvalue weighted by molar-refractivity contribution is -0.187. The van der Waals surface area contributed by atoms with Crippen LogP contribution in [0, 0.1) is 5.92 Å². The SMILES string of the molecule is CCC(Br)c1nnc(C2CCCCC2C(F)(F)F)s1. The maximum atomic E-state index is 13.1. The van der Waals surface area contributed by atoms with Gasteiger partial charge in [-0.1, -0.05) is 35.7 Å². The highest BCUT2D eigenvalue weighted by Crippen LogP contribution is 2.47. The maximum absolute atomic E-state index is 13.1. The van der Waals surface area contributed by atoms with E-state index >= 15 is 0 Å². The molecule has 0 saturated heterocycles. The Morgan fingerprint density at radius 1 is 1.32 bits per heavy atom. The van der Waals surface area contributed by atoms with E-state index in [1.54, 1.807) is 0 Å². The second-order valence-electron chi connectivity index (χ2n) is 4.89. The number of aromatic nitrogens is 2. The zero-order valence-electron chi connectivity index (χ0n) is 10.6. The van der Waals surface area contributed by atoms with Crippen LogP contribution in [-0.2, 0) is 0 Å². The molecule has 3 unspecified atom stereocenters. The second-order valence-corrected chi connectivity index (χ2v) is 7.04. The van der Waals surface area contributed by atoms with Crippen LogP contribution in [-0.4, -0.2) is 16.4 Å². The molecule has 2 nitrogen and oxygen atoms in total. The lowest BCUT2D eigenvalue weighted by Gasteiger charge is -2.31. The summed E-state index contributed by atoms with van der Waals surface area (Å²) in [5.41, 5.74) is 0. The van der Waals surface area contributed by atoms with E-state index in [-0.39, 0.29) is 11.2 Å². The summed E-state index contributed by atoms with van der Waals surface area (Å²) < 4.78 is 39.2. The highest BCUT2D eigenvalue weighted by Gasteiger charge is 2.47. The third-order valence-corrected chi connectivity index (χ3v) is 6.14. The quantitative estimate of drug-likeness (QED) is 0.693. The van der Waals surface area contributed by atoms with Gasteiger partial charge in [0.25, 0.3) is 0 Å². The first-order chi connectivity index (χ1) is 8.93. The molecule has 0 radical (unpaired) electrons. The Morgan fingerprint density at radius 3 is 2.63 bits per heavy atom. The molecule has 1 aliphatic rings. The number of halogens is 4. The molecule has 1 saturated carbocycles. The molecule has 1 aromatic heterocycles. The van der Waals surface area contributed by atoms with Crippen molar-refractivity contribution in [2.75, 3.05) is 0 Å². The summed E-state index contributed by atoms with van der Waals surface area (Å²) >= 11 is 4.79. The van der Waals surface area contributed by atoms with Crippen LogP contribution in [0.4, 0.5) is 13.2 Å². The van der Waals surface area contributed by atoms with E-state index in [9.17, 15) is 13.2 Å². The van der Waals surface area contributed by atoms with Gasteiger partial charge in [0.2, 0.25) is 0 Å². The molecule has 1 aromatic rings. The molecule has 1 heterocycles. The molecule has 0 aliphatic heterocycles. The van der Waals surface area contributed by atoms with Crippen molar-refractivity contribution in [1.82, 2.24) is 10.2 Å². The monoisotopic (exact) mass is 356 g/mol. The van der Waals surface area contributed by atoms with Crippen LogP contribution in [0.15, 0.2) is 0 Å². The van der Waals surface area contributed by atoms with Gasteiger partial charge in [-0.05, 0) is 19.3 Å². The molecule has 19 heavy (non-hydrogen) atoms. The van der Waals surface area contributed by atoms with Crippen LogP contribution >= 0.6 is 27.3 Å². The van der Waals surface area contributed by atoms with Crippen molar-refractivity contribution in [3.63, 3.8) is 0 Å². The van der Waals surface area contributed by atoms with Gasteiger partial charge in [-0.25, -0.2) is 0 Å². The highest BCUT2D eigenvalue weighted by molar-refractivity contribution is 9.09. The van der Waals surface area contributed by atoms with Crippen LogP contribution in [0.3, 0.4) is 0 Å². The third kappa shape index (κ3) is 3.48. The van der Waals surface area contributed by atoms with E-state index < -0.39 is 18.0 Å². The first-order valence-corrected chi connectivity index (χ1v) is 8.20. The van der Waals surface area contributed by atoms with Crippen molar-refractivity contribution in [3.8, 4) is 0 Å². The number of nitrogens with zero attached hydrogens (tertiary/aromatic N) is 2. The summed E-state index contributed by atoms with van der Waals surface area (Å²) in [6.45, 7) is 2.00. The van der Waals surface area contributed by atoms with E-state index in [1.807, 2.05) is 6.92 Å². The standard InChI is InChI=1S/C12H16BrF3N2S/c1-2-9(13)11-18-17-10(19-11)7-5-3-4-6-8(7)12(14,15)16/h7-9H,2-6H2,1H3. The van der Waals surface area contributed by atoms with Crippen molar-refractivity contribution in [2.45, 2.75) is 55.9 Å². The highest BCUT2D eigenvalue weighted by atomic mass is 79.9. The molecule has 7 heteroatoms. The number of rotatable bonds is 3. The molecule has 0 N–H and O–H groups in total. The van der Waals surface area contributed by atoms with Crippen LogP contribution in [0.5, 0.6) is 0 Å². The lowest BCUT2D eigenvalue weighted by atomic mass is 9.79. The Bertz CT molecular complexity index is 421. The maximum Gasteiger partial charge on any atom is 0.392 e. The van der Waals surface area contributed by atoms with Crippen LogP contribution in [0.1, 0.15) is 59.8 Å². The summed E-state index contributed by atoms with van der Waals surface area (Å²) in [6, 6.07) is 0. The Labute approximate surface area is 122 Å². The summed E-state index contributed by atoms with van der Waals surface area (Å²) in [5.74, 6) is -1.76. The van der Waals surface area contributed by atoms with E-state index in [1.165, 1.54) is 11.3 Å². The average Bonchev–Trinajstić information content (AvgIpc) is 2.86. The number of hydrogen-bond donors (Lipinski definition) is 0. The molecule has 0 spiro atoms. The zero-order valence-corrected chi connectivity index (χ0v) is 13.0. The summed E-state index contributed by atoms with van der Waals surface area (Å²) in [6.07, 6.45) is -0.996. The van der Waals surface area contributed by atoms with Crippen LogP contribution < -0.4 is 0 Å². The fraction of sp³-hybridized carbons (Fsp3) is 0.833. The summed E-state index contributed by atoms with van der Waals surface area (Å²) in [4.78, 5) is 0.0895. The molecule has 1 aliphatic carbocycles. The molecule has 0 amide bonds. The molecular weight excluding hydrogens is 341 g/mol. The van der Waals surface area contributed by atoms with Gasteiger partial charge in [0.1, 0.15) is 10.0 Å². The smallest absolute Gasteiger partial charge is 0.171 e. The van der Waals surface area contributed by atoms with E-state index in [0.717, 1.165) is 17.8 Å².